The van der Waals surface area contributed by atoms with E-state index in [1.165, 1.54) is 16.7 Å². The molecule has 3 nitrogen and oxygen atoms in total. The molecule has 4 rings (SSSR count). The maximum absolute atomic E-state index is 12.3. The van der Waals surface area contributed by atoms with Crippen LogP contribution in [0.5, 0.6) is 0 Å². The molecule has 2 aromatic carbocycles. The van der Waals surface area contributed by atoms with Crippen LogP contribution in [0.3, 0.4) is 0 Å². The number of nitrogens with one attached hydrogen (secondary N) is 2. The smallest absolute Gasteiger partial charge is 0.246 e. The molecule has 1 heterocycles. The number of benzene rings is 2. The molecule has 0 saturated carbocycles. The monoisotopic (exact) mass is 278 g/mol. The highest BCUT2D eigenvalue weighted by molar-refractivity contribution is 6.02. The van der Waals surface area contributed by atoms with Crippen molar-refractivity contribution in [1.82, 2.24) is 5.32 Å². The first-order valence-corrected chi connectivity index (χ1v) is 7.47. The van der Waals surface area contributed by atoms with Crippen molar-refractivity contribution in [3.05, 3.63) is 64.7 Å². The number of amides is 1. The highest BCUT2D eigenvalue weighted by atomic mass is 16.2. The van der Waals surface area contributed by atoms with E-state index in [-0.39, 0.29) is 18.0 Å². The van der Waals surface area contributed by atoms with Crippen LogP contribution in [0.15, 0.2) is 42.5 Å². The third kappa shape index (κ3) is 2.05. The molecule has 2 atom stereocenters. The molecule has 2 N–H and O–H groups in total. The van der Waals surface area contributed by atoms with Crippen molar-refractivity contribution in [2.45, 2.75) is 31.8 Å². The molecule has 1 aliphatic carbocycles. The van der Waals surface area contributed by atoms with Crippen molar-refractivity contribution < 1.29 is 4.79 Å². The Balaban J connectivity index is 1.65. The summed E-state index contributed by atoms with van der Waals surface area (Å²) in [5.74, 6) is 0.0555. The third-order valence-electron chi connectivity index (χ3n) is 4.54. The van der Waals surface area contributed by atoms with E-state index in [9.17, 15) is 4.79 Å². The summed E-state index contributed by atoms with van der Waals surface area (Å²) < 4.78 is 0. The molecule has 0 aromatic heterocycles. The van der Waals surface area contributed by atoms with E-state index in [2.05, 4.69) is 47.9 Å². The lowest BCUT2D eigenvalue weighted by Gasteiger charge is -2.19. The number of hydrogen-bond acceptors (Lipinski definition) is 2. The minimum absolute atomic E-state index is 0.0555. The summed E-state index contributed by atoms with van der Waals surface area (Å²) in [6, 6.07) is 14.7. The Morgan fingerprint density at radius 2 is 2.00 bits per heavy atom. The standard InChI is InChI=1S/C18H18N2O/c1-11-6-8-16-14(10-11)17(18(21)20-16)19-15-9-7-12-4-2-3-5-13(12)15/h2-6,8,10,15,17,19H,7,9H2,1H3,(H,20,21). The van der Waals surface area contributed by atoms with Gasteiger partial charge in [-0.2, -0.15) is 0 Å². The SMILES string of the molecule is Cc1ccc2c(c1)C(NC1CCc3ccccc31)C(=O)N2. The van der Waals surface area contributed by atoms with Crippen LogP contribution in [0.25, 0.3) is 0 Å². The van der Waals surface area contributed by atoms with Crippen molar-refractivity contribution in [3.63, 3.8) is 0 Å². The van der Waals surface area contributed by atoms with Crippen molar-refractivity contribution in [3.8, 4) is 0 Å². The van der Waals surface area contributed by atoms with E-state index in [0.717, 1.165) is 24.1 Å². The van der Waals surface area contributed by atoms with Gasteiger partial charge in [-0.25, -0.2) is 0 Å². The summed E-state index contributed by atoms with van der Waals surface area (Å²) in [4.78, 5) is 12.3. The van der Waals surface area contributed by atoms with Gasteiger partial charge in [0.05, 0.1) is 0 Å². The number of hydrogen-bond donors (Lipinski definition) is 2. The summed E-state index contributed by atoms with van der Waals surface area (Å²) in [6.45, 7) is 2.06. The fourth-order valence-electron chi connectivity index (χ4n) is 3.48. The lowest BCUT2D eigenvalue weighted by atomic mass is 10.0. The predicted molar refractivity (Wildman–Crippen MR) is 83.2 cm³/mol. The molecular formula is C18H18N2O. The summed E-state index contributed by atoms with van der Waals surface area (Å²) in [7, 11) is 0. The van der Waals surface area contributed by atoms with Crippen LogP contribution in [0, 0.1) is 6.92 Å². The molecule has 1 amide bonds. The zero-order valence-corrected chi connectivity index (χ0v) is 12.0. The van der Waals surface area contributed by atoms with Crippen LogP contribution < -0.4 is 10.6 Å². The predicted octanol–water partition coefficient (Wildman–Crippen LogP) is 3.27. The van der Waals surface area contributed by atoms with Crippen LogP contribution >= 0.6 is 0 Å². The first-order valence-electron chi connectivity index (χ1n) is 7.47. The maximum Gasteiger partial charge on any atom is 0.246 e. The third-order valence-corrected chi connectivity index (χ3v) is 4.54. The molecule has 21 heavy (non-hydrogen) atoms. The Kier molecular flexibility index (Phi) is 2.82. The molecule has 2 aromatic rings. The quantitative estimate of drug-likeness (QED) is 0.885. The fourth-order valence-corrected chi connectivity index (χ4v) is 3.48. The van der Waals surface area contributed by atoms with Crippen LogP contribution in [0.4, 0.5) is 5.69 Å². The van der Waals surface area contributed by atoms with Gasteiger partial charge in [-0.05, 0) is 37.0 Å². The van der Waals surface area contributed by atoms with Crippen molar-refractivity contribution in [2.24, 2.45) is 0 Å². The molecule has 2 unspecified atom stereocenters. The van der Waals surface area contributed by atoms with Gasteiger partial charge in [-0.1, -0.05) is 42.0 Å². The van der Waals surface area contributed by atoms with Gasteiger partial charge in [0.1, 0.15) is 6.04 Å². The van der Waals surface area contributed by atoms with Gasteiger partial charge in [0.25, 0.3) is 0 Å². The molecule has 0 radical (unpaired) electrons. The van der Waals surface area contributed by atoms with Crippen LogP contribution in [0.1, 0.15) is 40.8 Å². The Hall–Kier alpha value is -2.13. The van der Waals surface area contributed by atoms with Crippen LogP contribution in [-0.2, 0) is 11.2 Å². The topological polar surface area (TPSA) is 41.1 Å². The van der Waals surface area contributed by atoms with Crippen molar-refractivity contribution in [2.75, 3.05) is 5.32 Å². The summed E-state index contributed by atoms with van der Waals surface area (Å²) in [5.41, 5.74) is 5.94. The Labute approximate surface area is 124 Å². The minimum atomic E-state index is -0.240. The molecule has 0 bridgehead atoms. The Bertz CT molecular complexity index is 723. The summed E-state index contributed by atoms with van der Waals surface area (Å²) in [6.07, 6.45) is 2.15. The van der Waals surface area contributed by atoms with Gasteiger partial charge >= 0.3 is 0 Å². The van der Waals surface area contributed by atoms with E-state index in [1.807, 2.05) is 12.1 Å². The lowest BCUT2D eigenvalue weighted by Crippen LogP contribution is -2.30. The van der Waals surface area contributed by atoms with E-state index in [0.29, 0.717) is 0 Å². The highest BCUT2D eigenvalue weighted by Crippen LogP contribution is 2.37. The van der Waals surface area contributed by atoms with E-state index >= 15 is 0 Å². The minimum Gasteiger partial charge on any atom is -0.324 e. The van der Waals surface area contributed by atoms with Crippen LogP contribution in [-0.4, -0.2) is 5.91 Å². The van der Waals surface area contributed by atoms with E-state index in [4.69, 9.17) is 0 Å². The maximum atomic E-state index is 12.3. The lowest BCUT2D eigenvalue weighted by molar-refractivity contribution is -0.117. The normalized spacial score (nSPS) is 22.8. The zero-order valence-electron chi connectivity index (χ0n) is 12.0. The molecule has 0 fully saturated rings. The molecule has 0 spiro atoms. The molecule has 3 heteroatoms. The molecule has 106 valence electrons. The summed E-state index contributed by atoms with van der Waals surface area (Å²) >= 11 is 0. The Morgan fingerprint density at radius 3 is 2.90 bits per heavy atom. The van der Waals surface area contributed by atoms with Gasteiger partial charge < -0.3 is 5.32 Å². The molecule has 0 saturated heterocycles. The highest BCUT2D eigenvalue weighted by Gasteiger charge is 2.34. The first kappa shape index (κ1) is 12.6. The molecule has 1 aliphatic heterocycles. The van der Waals surface area contributed by atoms with Crippen molar-refractivity contribution >= 4 is 11.6 Å². The van der Waals surface area contributed by atoms with Gasteiger partial charge in [0.15, 0.2) is 0 Å². The fraction of sp³-hybridized carbons (Fsp3) is 0.278. The average Bonchev–Trinajstić information content (AvgIpc) is 3.02. The average molecular weight is 278 g/mol. The largest absolute Gasteiger partial charge is 0.324 e. The molecular weight excluding hydrogens is 260 g/mol. The van der Waals surface area contributed by atoms with E-state index < -0.39 is 0 Å². The van der Waals surface area contributed by atoms with Crippen molar-refractivity contribution in [1.29, 1.82) is 0 Å². The van der Waals surface area contributed by atoms with E-state index in [1.54, 1.807) is 0 Å². The number of fused-ring (bicyclic) bond motifs is 2. The second-order valence-corrected chi connectivity index (χ2v) is 5.97. The van der Waals surface area contributed by atoms with Crippen LogP contribution in [0.2, 0.25) is 0 Å². The second kappa shape index (κ2) is 4.71. The van der Waals surface area contributed by atoms with Gasteiger partial charge in [-0.15, -0.1) is 0 Å². The number of aryl methyl sites for hydroxylation is 2. The van der Waals surface area contributed by atoms with Gasteiger partial charge in [-0.3, -0.25) is 10.1 Å². The summed E-state index contributed by atoms with van der Waals surface area (Å²) in [5, 5.41) is 6.53. The number of carbonyl (C=O) groups is 1. The van der Waals surface area contributed by atoms with Gasteiger partial charge in [0.2, 0.25) is 5.91 Å². The zero-order chi connectivity index (χ0) is 14.4. The second-order valence-electron chi connectivity index (χ2n) is 5.97. The number of carbonyl (C=O) groups excluding carboxylic acids is 1. The first-order chi connectivity index (χ1) is 10.2. The molecule has 2 aliphatic rings. The number of rotatable bonds is 2. The van der Waals surface area contributed by atoms with Gasteiger partial charge in [0, 0.05) is 17.3 Å². The Morgan fingerprint density at radius 1 is 1.14 bits per heavy atom. The number of anilines is 1.